The van der Waals surface area contributed by atoms with Crippen molar-refractivity contribution in [3.05, 3.63) is 23.8 Å². The van der Waals surface area contributed by atoms with Crippen LogP contribution in [0.15, 0.2) is 18.2 Å². The van der Waals surface area contributed by atoms with Gasteiger partial charge in [0.25, 0.3) is 0 Å². The molecule has 0 aliphatic carbocycles. The number of aliphatic hydroxyl groups is 1. The van der Waals surface area contributed by atoms with Crippen molar-refractivity contribution in [1.82, 2.24) is 4.90 Å². The molecule has 3 N–H and O–H groups in total. The van der Waals surface area contributed by atoms with Crippen LogP contribution >= 0.6 is 0 Å². The number of anilines is 1. The number of piperidine rings is 1. The van der Waals surface area contributed by atoms with Crippen LogP contribution in [0.2, 0.25) is 0 Å². The Kier molecular flexibility index (Phi) is 4.32. The van der Waals surface area contributed by atoms with E-state index in [2.05, 4.69) is 4.90 Å². The molecule has 0 spiro atoms. The molecule has 0 bridgehead atoms. The average Bonchev–Trinajstić information content (AvgIpc) is 2.32. The molecule has 19 heavy (non-hydrogen) atoms. The number of nitrogens with zero attached hydrogens (tertiary/aromatic N) is 1. The Bertz CT molecular complexity index is 434. The van der Waals surface area contributed by atoms with E-state index >= 15 is 0 Å². The topological polar surface area (TPSA) is 58.7 Å². The fourth-order valence-electron chi connectivity index (χ4n) is 2.62. The number of likely N-dealkylation sites (tertiary alicyclic amines) is 1. The lowest BCUT2D eigenvalue weighted by Gasteiger charge is -2.34. The van der Waals surface area contributed by atoms with Crippen LogP contribution in [0.4, 0.5) is 5.69 Å². The van der Waals surface area contributed by atoms with E-state index in [-0.39, 0.29) is 18.1 Å². The fraction of sp³-hybridized carbons (Fsp3) is 0.600. The van der Waals surface area contributed by atoms with Crippen LogP contribution in [0.1, 0.15) is 31.7 Å². The van der Waals surface area contributed by atoms with Gasteiger partial charge >= 0.3 is 0 Å². The highest BCUT2D eigenvalue weighted by Crippen LogP contribution is 2.33. The Labute approximate surface area is 115 Å². The molecule has 1 aromatic carbocycles. The SMILES string of the molecule is CC(C)Oc1cc([C@@H]2CCN(C)C[C@@H]2O)ccc1N. The Morgan fingerprint density at radius 2 is 2.16 bits per heavy atom. The van der Waals surface area contributed by atoms with Crippen molar-refractivity contribution >= 4 is 5.69 Å². The molecule has 4 heteroatoms. The molecule has 0 saturated carbocycles. The summed E-state index contributed by atoms with van der Waals surface area (Å²) in [5, 5.41) is 10.2. The Morgan fingerprint density at radius 3 is 2.79 bits per heavy atom. The summed E-state index contributed by atoms with van der Waals surface area (Å²) in [7, 11) is 2.04. The summed E-state index contributed by atoms with van der Waals surface area (Å²) >= 11 is 0. The molecule has 1 aromatic rings. The van der Waals surface area contributed by atoms with E-state index in [0.29, 0.717) is 5.69 Å². The lowest BCUT2D eigenvalue weighted by Crippen LogP contribution is -2.40. The molecular formula is C15H24N2O2. The van der Waals surface area contributed by atoms with E-state index in [0.717, 1.165) is 30.8 Å². The van der Waals surface area contributed by atoms with Crippen molar-refractivity contribution in [3.63, 3.8) is 0 Å². The first kappa shape index (κ1) is 14.2. The van der Waals surface area contributed by atoms with Crippen molar-refractivity contribution in [2.75, 3.05) is 25.9 Å². The Hall–Kier alpha value is -1.26. The third-order valence-corrected chi connectivity index (χ3v) is 3.61. The first-order valence-corrected chi connectivity index (χ1v) is 6.90. The van der Waals surface area contributed by atoms with Gasteiger partial charge in [0.05, 0.1) is 17.9 Å². The average molecular weight is 264 g/mol. The van der Waals surface area contributed by atoms with Gasteiger partial charge in [-0.2, -0.15) is 0 Å². The van der Waals surface area contributed by atoms with Gasteiger partial charge in [0.2, 0.25) is 0 Å². The molecular weight excluding hydrogens is 240 g/mol. The molecule has 2 atom stereocenters. The summed E-state index contributed by atoms with van der Waals surface area (Å²) in [5.74, 6) is 0.893. The minimum atomic E-state index is -0.325. The van der Waals surface area contributed by atoms with E-state index < -0.39 is 0 Å². The number of likely N-dealkylation sites (N-methyl/N-ethyl adjacent to an activating group) is 1. The lowest BCUT2D eigenvalue weighted by molar-refractivity contribution is 0.0637. The van der Waals surface area contributed by atoms with Crippen molar-refractivity contribution < 1.29 is 9.84 Å². The number of rotatable bonds is 3. The van der Waals surface area contributed by atoms with Crippen LogP contribution < -0.4 is 10.5 Å². The molecule has 1 fully saturated rings. The maximum atomic E-state index is 10.2. The second-order valence-corrected chi connectivity index (χ2v) is 5.69. The standard InChI is InChI=1S/C15H24N2O2/c1-10(2)19-15-8-11(4-5-13(15)16)12-6-7-17(3)9-14(12)18/h4-5,8,10,12,14,18H,6-7,9,16H2,1-3H3/t12-,14-/m0/s1. The molecule has 4 nitrogen and oxygen atoms in total. The number of hydrogen-bond donors (Lipinski definition) is 2. The molecule has 2 rings (SSSR count). The third kappa shape index (κ3) is 3.39. The zero-order valence-corrected chi connectivity index (χ0v) is 12.0. The van der Waals surface area contributed by atoms with Crippen LogP contribution in [-0.2, 0) is 0 Å². The number of hydrogen-bond acceptors (Lipinski definition) is 4. The zero-order chi connectivity index (χ0) is 14.0. The van der Waals surface area contributed by atoms with Gasteiger partial charge in [-0.3, -0.25) is 0 Å². The predicted octanol–water partition coefficient (Wildman–Crippen LogP) is 1.84. The Balaban J connectivity index is 2.20. The van der Waals surface area contributed by atoms with Crippen LogP contribution in [0.5, 0.6) is 5.75 Å². The van der Waals surface area contributed by atoms with Crippen LogP contribution in [0, 0.1) is 0 Å². The summed E-state index contributed by atoms with van der Waals surface area (Å²) < 4.78 is 5.72. The summed E-state index contributed by atoms with van der Waals surface area (Å²) in [6.07, 6.45) is 0.733. The van der Waals surface area contributed by atoms with Crippen LogP contribution in [0.3, 0.4) is 0 Å². The quantitative estimate of drug-likeness (QED) is 0.818. The van der Waals surface area contributed by atoms with Crippen molar-refractivity contribution in [1.29, 1.82) is 0 Å². The van der Waals surface area contributed by atoms with E-state index in [4.69, 9.17) is 10.5 Å². The van der Waals surface area contributed by atoms with Gasteiger partial charge in [-0.25, -0.2) is 0 Å². The van der Waals surface area contributed by atoms with Crippen molar-refractivity contribution in [2.45, 2.75) is 38.4 Å². The number of β-amino-alcohol motifs (C(OH)–C–C–N with tert-alkyl or cyclic N) is 1. The van der Waals surface area contributed by atoms with E-state index in [1.165, 1.54) is 0 Å². The molecule has 106 valence electrons. The summed E-state index contributed by atoms with van der Waals surface area (Å²) in [6, 6.07) is 5.86. The van der Waals surface area contributed by atoms with Gasteiger partial charge in [0.15, 0.2) is 0 Å². The number of ether oxygens (including phenoxy) is 1. The highest BCUT2D eigenvalue weighted by Gasteiger charge is 2.27. The molecule has 0 amide bonds. The second kappa shape index (κ2) is 5.80. The van der Waals surface area contributed by atoms with E-state index in [1.54, 1.807) is 0 Å². The smallest absolute Gasteiger partial charge is 0.142 e. The lowest BCUT2D eigenvalue weighted by atomic mass is 9.87. The summed E-state index contributed by atoms with van der Waals surface area (Å²) in [6.45, 7) is 5.69. The monoisotopic (exact) mass is 264 g/mol. The molecule has 1 heterocycles. The van der Waals surface area contributed by atoms with Gasteiger partial charge in [0, 0.05) is 12.5 Å². The minimum absolute atomic E-state index is 0.0972. The predicted molar refractivity (Wildman–Crippen MR) is 77.5 cm³/mol. The van der Waals surface area contributed by atoms with Crippen molar-refractivity contribution in [2.24, 2.45) is 0 Å². The largest absolute Gasteiger partial charge is 0.489 e. The molecule has 0 radical (unpaired) electrons. The fourth-order valence-corrected chi connectivity index (χ4v) is 2.62. The van der Waals surface area contributed by atoms with Gasteiger partial charge in [-0.05, 0) is 51.6 Å². The van der Waals surface area contributed by atoms with Gasteiger partial charge in [-0.15, -0.1) is 0 Å². The molecule has 1 aliphatic rings. The number of benzene rings is 1. The molecule has 0 aromatic heterocycles. The first-order chi connectivity index (χ1) is 8.97. The van der Waals surface area contributed by atoms with Crippen LogP contribution in [-0.4, -0.2) is 42.4 Å². The highest BCUT2D eigenvalue weighted by molar-refractivity contribution is 5.54. The molecule has 0 unspecified atom stereocenters. The number of aliphatic hydroxyl groups excluding tert-OH is 1. The second-order valence-electron chi connectivity index (χ2n) is 5.69. The first-order valence-electron chi connectivity index (χ1n) is 6.90. The third-order valence-electron chi connectivity index (χ3n) is 3.61. The van der Waals surface area contributed by atoms with Gasteiger partial charge in [0.1, 0.15) is 5.75 Å². The maximum Gasteiger partial charge on any atom is 0.142 e. The van der Waals surface area contributed by atoms with Gasteiger partial charge in [-0.1, -0.05) is 6.07 Å². The summed E-state index contributed by atoms with van der Waals surface area (Å²) in [5.41, 5.74) is 7.70. The maximum absolute atomic E-state index is 10.2. The minimum Gasteiger partial charge on any atom is -0.489 e. The summed E-state index contributed by atoms with van der Waals surface area (Å²) in [4.78, 5) is 2.16. The molecule has 1 saturated heterocycles. The number of nitrogen functional groups attached to an aromatic ring is 1. The van der Waals surface area contributed by atoms with E-state index in [9.17, 15) is 5.11 Å². The van der Waals surface area contributed by atoms with Gasteiger partial charge < -0.3 is 20.5 Å². The zero-order valence-electron chi connectivity index (χ0n) is 12.0. The Morgan fingerprint density at radius 1 is 1.42 bits per heavy atom. The van der Waals surface area contributed by atoms with E-state index in [1.807, 2.05) is 39.1 Å². The van der Waals surface area contributed by atoms with Crippen molar-refractivity contribution in [3.8, 4) is 5.75 Å². The molecule has 1 aliphatic heterocycles. The van der Waals surface area contributed by atoms with Crippen LogP contribution in [0.25, 0.3) is 0 Å². The number of nitrogens with two attached hydrogens (primary N) is 1. The normalized spacial score (nSPS) is 24.7. The highest BCUT2D eigenvalue weighted by atomic mass is 16.5.